The molecule has 2 amide bonds. The maximum atomic E-state index is 13.3. The number of amides is 2. The Morgan fingerprint density at radius 2 is 1.73 bits per heavy atom. The van der Waals surface area contributed by atoms with Gasteiger partial charge in [0.05, 0.1) is 13.1 Å². The molecule has 0 fully saturated rings. The summed E-state index contributed by atoms with van der Waals surface area (Å²) >= 11 is 1.70. The van der Waals surface area contributed by atoms with E-state index in [0.717, 1.165) is 16.9 Å². The molecule has 0 aliphatic carbocycles. The molecule has 0 aliphatic rings. The molecule has 0 N–H and O–H groups in total. The number of carbonyl (C=O) groups is 2. The first-order valence-electron chi connectivity index (χ1n) is 10.5. The number of methoxy groups -OCH3 is 1. The average molecular weight is 431 g/mol. The lowest BCUT2D eigenvalue weighted by Crippen LogP contribution is -2.43. The zero-order chi connectivity index (χ0) is 21.9. The normalized spacial score (nSPS) is 11.0. The van der Waals surface area contributed by atoms with Crippen molar-refractivity contribution >= 4 is 23.2 Å². The number of rotatable bonds is 12. The highest BCUT2D eigenvalue weighted by molar-refractivity contribution is 7.11. The SMILES string of the molecule is COCCCN(CC(=O)N(Cc1ccccc1)Cc1ccc(C)s1)C(=O)CC(C)C. The number of carbonyl (C=O) groups excluding carboxylic acids is 2. The van der Waals surface area contributed by atoms with E-state index in [9.17, 15) is 9.59 Å². The minimum atomic E-state index is -0.0283. The average Bonchev–Trinajstić information content (AvgIpc) is 3.11. The van der Waals surface area contributed by atoms with Gasteiger partial charge >= 0.3 is 0 Å². The van der Waals surface area contributed by atoms with Gasteiger partial charge in [-0.1, -0.05) is 44.2 Å². The van der Waals surface area contributed by atoms with Gasteiger partial charge in [0.2, 0.25) is 11.8 Å². The van der Waals surface area contributed by atoms with Gasteiger partial charge in [0, 0.05) is 43.0 Å². The van der Waals surface area contributed by atoms with Gasteiger partial charge in [-0.15, -0.1) is 11.3 Å². The van der Waals surface area contributed by atoms with Crippen molar-refractivity contribution in [2.24, 2.45) is 5.92 Å². The van der Waals surface area contributed by atoms with E-state index in [1.54, 1.807) is 23.3 Å². The topological polar surface area (TPSA) is 49.9 Å². The summed E-state index contributed by atoms with van der Waals surface area (Å²) in [5.74, 6) is 0.257. The first-order valence-corrected chi connectivity index (χ1v) is 11.3. The second-order valence-corrected chi connectivity index (χ2v) is 9.38. The van der Waals surface area contributed by atoms with Crippen molar-refractivity contribution < 1.29 is 14.3 Å². The van der Waals surface area contributed by atoms with Gasteiger partial charge in [-0.25, -0.2) is 0 Å². The van der Waals surface area contributed by atoms with E-state index in [4.69, 9.17) is 4.74 Å². The van der Waals surface area contributed by atoms with Gasteiger partial charge in [-0.05, 0) is 37.0 Å². The molecule has 1 aromatic carbocycles. The van der Waals surface area contributed by atoms with E-state index in [1.807, 2.05) is 49.1 Å². The molecule has 0 saturated carbocycles. The minimum absolute atomic E-state index is 0.0283. The van der Waals surface area contributed by atoms with E-state index < -0.39 is 0 Å². The van der Waals surface area contributed by atoms with Crippen molar-refractivity contribution in [1.29, 1.82) is 0 Å². The summed E-state index contributed by atoms with van der Waals surface area (Å²) in [6.45, 7) is 8.40. The molecule has 0 spiro atoms. The molecule has 0 atom stereocenters. The van der Waals surface area contributed by atoms with Crippen LogP contribution in [0.3, 0.4) is 0 Å². The molecule has 6 heteroatoms. The Kier molecular flexibility index (Phi) is 10.0. The fourth-order valence-corrected chi connectivity index (χ4v) is 4.13. The van der Waals surface area contributed by atoms with E-state index in [2.05, 4.69) is 19.1 Å². The number of aryl methyl sites for hydroxylation is 1. The molecule has 2 rings (SSSR count). The highest BCUT2D eigenvalue weighted by atomic mass is 32.1. The first kappa shape index (κ1) is 24.1. The van der Waals surface area contributed by atoms with Gasteiger partial charge in [0.15, 0.2) is 0 Å². The van der Waals surface area contributed by atoms with Crippen LogP contribution in [0.2, 0.25) is 0 Å². The lowest BCUT2D eigenvalue weighted by Gasteiger charge is -2.28. The number of nitrogens with zero attached hydrogens (tertiary/aromatic N) is 2. The highest BCUT2D eigenvalue weighted by Gasteiger charge is 2.22. The van der Waals surface area contributed by atoms with Crippen molar-refractivity contribution in [1.82, 2.24) is 9.80 Å². The molecule has 164 valence electrons. The van der Waals surface area contributed by atoms with Crippen molar-refractivity contribution in [3.05, 3.63) is 57.8 Å². The fraction of sp³-hybridized carbons (Fsp3) is 0.500. The van der Waals surface area contributed by atoms with Gasteiger partial charge in [0.1, 0.15) is 0 Å². The maximum Gasteiger partial charge on any atom is 0.242 e. The third-order valence-corrected chi connectivity index (χ3v) is 5.74. The second-order valence-electron chi connectivity index (χ2n) is 8.01. The van der Waals surface area contributed by atoms with Crippen LogP contribution in [-0.2, 0) is 27.4 Å². The van der Waals surface area contributed by atoms with Crippen molar-refractivity contribution in [2.75, 3.05) is 26.8 Å². The van der Waals surface area contributed by atoms with Gasteiger partial charge < -0.3 is 14.5 Å². The Morgan fingerprint density at radius 1 is 1.00 bits per heavy atom. The lowest BCUT2D eigenvalue weighted by atomic mass is 10.1. The summed E-state index contributed by atoms with van der Waals surface area (Å²) in [4.78, 5) is 32.0. The third kappa shape index (κ3) is 8.28. The van der Waals surface area contributed by atoms with Crippen molar-refractivity contribution in [2.45, 2.75) is 46.7 Å². The summed E-state index contributed by atoms with van der Waals surface area (Å²) < 4.78 is 5.13. The number of hydrogen-bond donors (Lipinski definition) is 0. The van der Waals surface area contributed by atoms with Crippen LogP contribution in [0, 0.1) is 12.8 Å². The molecule has 0 aliphatic heterocycles. The molecule has 1 heterocycles. The molecular formula is C24H34N2O3S. The first-order chi connectivity index (χ1) is 14.4. The molecule has 5 nitrogen and oxygen atoms in total. The van der Waals surface area contributed by atoms with Crippen LogP contribution in [-0.4, -0.2) is 48.4 Å². The predicted octanol–water partition coefficient (Wildman–Crippen LogP) is 4.50. The summed E-state index contributed by atoms with van der Waals surface area (Å²) in [5.41, 5.74) is 1.08. The Hall–Kier alpha value is -2.18. The third-order valence-electron chi connectivity index (χ3n) is 4.75. The second kappa shape index (κ2) is 12.5. The smallest absolute Gasteiger partial charge is 0.242 e. The van der Waals surface area contributed by atoms with Crippen LogP contribution in [0.4, 0.5) is 0 Å². The summed E-state index contributed by atoms with van der Waals surface area (Å²) in [7, 11) is 1.65. The number of ether oxygens (including phenoxy) is 1. The maximum absolute atomic E-state index is 13.3. The van der Waals surface area contributed by atoms with Crippen LogP contribution >= 0.6 is 11.3 Å². The number of hydrogen-bond acceptors (Lipinski definition) is 4. The van der Waals surface area contributed by atoms with Crippen molar-refractivity contribution in [3.63, 3.8) is 0 Å². The fourth-order valence-electron chi connectivity index (χ4n) is 3.23. The van der Waals surface area contributed by atoms with Crippen LogP contribution < -0.4 is 0 Å². The molecule has 0 radical (unpaired) electrons. The number of thiophene rings is 1. The largest absolute Gasteiger partial charge is 0.385 e. The monoisotopic (exact) mass is 430 g/mol. The molecular weight excluding hydrogens is 396 g/mol. The summed E-state index contributed by atoms with van der Waals surface area (Å²) in [6, 6.07) is 14.1. The molecule has 2 aromatic rings. The highest BCUT2D eigenvalue weighted by Crippen LogP contribution is 2.19. The zero-order valence-corrected chi connectivity index (χ0v) is 19.4. The van der Waals surface area contributed by atoms with Gasteiger partial charge in [-0.2, -0.15) is 0 Å². The van der Waals surface area contributed by atoms with Crippen LogP contribution in [0.25, 0.3) is 0 Å². The standard InChI is InChI=1S/C24H34N2O3S/c1-19(2)15-23(27)25(13-8-14-29-4)18-24(28)26(16-21-9-6-5-7-10-21)17-22-12-11-20(3)30-22/h5-7,9-12,19H,8,13-18H2,1-4H3. The summed E-state index contributed by atoms with van der Waals surface area (Å²) in [5, 5.41) is 0. The Bertz CT molecular complexity index is 789. The Labute approximate surface area is 184 Å². The number of benzene rings is 1. The van der Waals surface area contributed by atoms with Crippen LogP contribution in [0.5, 0.6) is 0 Å². The Morgan fingerprint density at radius 3 is 2.33 bits per heavy atom. The van der Waals surface area contributed by atoms with E-state index >= 15 is 0 Å². The van der Waals surface area contributed by atoms with E-state index in [-0.39, 0.29) is 24.3 Å². The molecule has 30 heavy (non-hydrogen) atoms. The van der Waals surface area contributed by atoms with Gasteiger partial charge in [-0.3, -0.25) is 9.59 Å². The molecule has 0 bridgehead atoms. The van der Waals surface area contributed by atoms with E-state index in [0.29, 0.717) is 32.7 Å². The lowest BCUT2D eigenvalue weighted by molar-refractivity contribution is -0.141. The molecule has 0 saturated heterocycles. The zero-order valence-electron chi connectivity index (χ0n) is 18.6. The van der Waals surface area contributed by atoms with Gasteiger partial charge in [0.25, 0.3) is 0 Å². The van der Waals surface area contributed by atoms with Crippen molar-refractivity contribution in [3.8, 4) is 0 Å². The van der Waals surface area contributed by atoms with Crippen LogP contribution in [0.1, 0.15) is 42.0 Å². The predicted molar refractivity (Wildman–Crippen MR) is 122 cm³/mol. The quantitative estimate of drug-likeness (QED) is 0.466. The summed E-state index contributed by atoms with van der Waals surface area (Å²) in [6.07, 6.45) is 1.17. The van der Waals surface area contributed by atoms with E-state index in [1.165, 1.54) is 4.88 Å². The molecule has 1 aromatic heterocycles. The minimum Gasteiger partial charge on any atom is -0.385 e. The Balaban J connectivity index is 2.14. The van der Waals surface area contributed by atoms with Crippen LogP contribution in [0.15, 0.2) is 42.5 Å². The molecule has 0 unspecified atom stereocenters.